The molecule has 1 N–H and O–H groups in total. The number of nitrogens with zero attached hydrogens (tertiary/aromatic N) is 1. The second-order valence-electron chi connectivity index (χ2n) is 5.02. The van der Waals surface area contributed by atoms with Crippen LogP contribution in [0.4, 0.5) is 0 Å². The van der Waals surface area contributed by atoms with Gasteiger partial charge in [0.2, 0.25) is 0 Å². The van der Waals surface area contributed by atoms with E-state index >= 15 is 0 Å². The Balaban J connectivity index is 2.13. The molecule has 1 fully saturated rings. The minimum absolute atomic E-state index is 0.122. The van der Waals surface area contributed by atoms with Gasteiger partial charge in [-0.2, -0.15) is 0 Å². The predicted octanol–water partition coefficient (Wildman–Crippen LogP) is 2.98. The van der Waals surface area contributed by atoms with Gasteiger partial charge in [-0.1, -0.05) is 36.8 Å². The molecule has 98 valence electrons. The Morgan fingerprint density at radius 2 is 2.00 bits per heavy atom. The standard InChI is InChI=1S/C15H15ClN2O/c16-10-12-9-13(19)18-14(17-12)15(7-4-8-15)11-5-2-1-3-6-11/h1-3,5-6,9H,4,7-8,10H2,(H,17,18,19). The third-order valence-electron chi connectivity index (χ3n) is 3.92. The number of hydrogen-bond acceptors (Lipinski definition) is 2. The van der Waals surface area contributed by atoms with Gasteiger partial charge in [0.05, 0.1) is 17.0 Å². The van der Waals surface area contributed by atoms with E-state index in [9.17, 15) is 4.79 Å². The Kier molecular flexibility index (Phi) is 3.15. The number of nitrogens with one attached hydrogen (secondary N) is 1. The van der Waals surface area contributed by atoms with Crippen LogP contribution in [0, 0.1) is 0 Å². The van der Waals surface area contributed by atoms with E-state index in [-0.39, 0.29) is 16.9 Å². The number of halogens is 1. The second kappa shape index (κ2) is 4.82. The quantitative estimate of drug-likeness (QED) is 0.875. The third-order valence-corrected chi connectivity index (χ3v) is 4.19. The SMILES string of the molecule is O=c1cc(CCl)nc(C2(c3ccccc3)CCC2)[nH]1. The molecule has 1 heterocycles. The first kappa shape index (κ1) is 12.4. The first-order valence-electron chi connectivity index (χ1n) is 6.47. The number of aromatic nitrogens is 2. The van der Waals surface area contributed by atoms with Crippen LogP contribution in [0.15, 0.2) is 41.2 Å². The molecule has 1 aromatic carbocycles. The van der Waals surface area contributed by atoms with Crippen molar-refractivity contribution in [2.75, 3.05) is 0 Å². The summed E-state index contributed by atoms with van der Waals surface area (Å²) in [6, 6.07) is 11.7. The molecular formula is C15H15ClN2O. The Bertz CT molecular complexity index is 632. The van der Waals surface area contributed by atoms with Gasteiger partial charge in [0, 0.05) is 6.07 Å². The fourth-order valence-electron chi connectivity index (χ4n) is 2.75. The van der Waals surface area contributed by atoms with E-state index in [2.05, 4.69) is 22.1 Å². The topological polar surface area (TPSA) is 45.8 Å². The summed E-state index contributed by atoms with van der Waals surface area (Å²) >= 11 is 5.81. The summed E-state index contributed by atoms with van der Waals surface area (Å²) in [6.45, 7) is 0. The Labute approximate surface area is 116 Å². The molecule has 1 aliphatic rings. The van der Waals surface area contributed by atoms with Crippen LogP contribution >= 0.6 is 11.6 Å². The molecule has 0 saturated heterocycles. The van der Waals surface area contributed by atoms with Crippen molar-refractivity contribution < 1.29 is 0 Å². The van der Waals surface area contributed by atoms with E-state index in [1.165, 1.54) is 11.6 Å². The van der Waals surface area contributed by atoms with Crippen molar-refractivity contribution >= 4 is 11.6 Å². The van der Waals surface area contributed by atoms with Gasteiger partial charge in [0.15, 0.2) is 0 Å². The zero-order valence-corrected chi connectivity index (χ0v) is 11.3. The van der Waals surface area contributed by atoms with Crippen LogP contribution < -0.4 is 5.56 Å². The van der Waals surface area contributed by atoms with Gasteiger partial charge in [0.25, 0.3) is 5.56 Å². The van der Waals surface area contributed by atoms with E-state index in [1.807, 2.05) is 18.2 Å². The maximum absolute atomic E-state index is 11.7. The van der Waals surface area contributed by atoms with Gasteiger partial charge >= 0.3 is 0 Å². The molecule has 0 bridgehead atoms. The average Bonchev–Trinajstić information content (AvgIpc) is 2.38. The van der Waals surface area contributed by atoms with Crippen molar-refractivity contribution in [1.29, 1.82) is 0 Å². The van der Waals surface area contributed by atoms with Gasteiger partial charge < -0.3 is 4.98 Å². The first-order chi connectivity index (χ1) is 9.24. The van der Waals surface area contributed by atoms with Gasteiger partial charge in [-0.15, -0.1) is 11.6 Å². The molecule has 4 heteroatoms. The summed E-state index contributed by atoms with van der Waals surface area (Å²) < 4.78 is 0. The lowest BCUT2D eigenvalue weighted by atomic mass is 9.64. The number of H-pyrrole nitrogens is 1. The Hall–Kier alpha value is -1.61. The van der Waals surface area contributed by atoms with Crippen LogP contribution in [-0.2, 0) is 11.3 Å². The van der Waals surface area contributed by atoms with Crippen molar-refractivity contribution in [2.45, 2.75) is 30.6 Å². The molecule has 2 aromatic rings. The van der Waals surface area contributed by atoms with Gasteiger partial charge in [-0.05, 0) is 18.4 Å². The average molecular weight is 275 g/mol. The molecular weight excluding hydrogens is 260 g/mol. The van der Waals surface area contributed by atoms with Crippen LogP contribution in [0.25, 0.3) is 0 Å². The maximum atomic E-state index is 11.7. The molecule has 19 heavy (non-hydrogen) atoms. The zero-order chi connectivity index (χ0) is 13.3. The van der Waals surface area contributed by atoms with Gasteiger partial charge in [0.1, 0.15) is 5.82 Å². The lowest BCUT2D eigenvalue weighted by Gasteiger charge is -2.41. The summed E-state index contributed by atoms with van der Waals surface area (Å²) in [7, 11) is 0. The molecule has 1 saturated carbocycles. The van der Waals surface area contributed by atoms with E-state index in [0.29, 0.717) is 5.69 Å². The van der Waals surface area contributed by atoms with E-state index in [0.717, 1.165) is 25.1 Å². The normalized spacial score (nSPS) is 16.9. The third kappa shape index (κ3) is 2.08. The lowest BCUT2D eigenvalue weighted by molar-refractivity contribution is 0.284. The summed E-state index contributed by atoms with van der Waals surface area (Å²) in [5.41, 5.74) is 1.60. The molecule has 0 amide bonds. The summed E-state index contributed by atoms with van der Waals surface area (Å²) in [5, 5.41) is 0. The molecule has 0 radical (unpaired) electrons. The fourth-order valence-corrected chi connectivity index (χ4v) is 2.89. The second-order valence-corrected chi connectivity index (χ2v) is 5.29. The van der Waals surface area contributed by atoms with Crippen LogP contribution in [0.5, 0.6) is 0 Å². The largest absolute Gasteiger partial charge is 0.310 e. The van der Waals surface area contributed by atoms with Crippen molar-refractivity contribution in [1.82, 2.24) is 9.97 Å². The minimum Gasteiger partial charge on any atom is -0.310 e. The lowest BCUT2D eigenvalue weighted by Crippen LogP contribution is -2.39. The zero-order valence-electron chi connectivity index (χ0n) is 10.5. The highest BCUT2D eigenvalue weighted by Crippen LogP contribution is 2.47. The molecule has 1 aromatic heterocycles. The molecule has 3 nitrogen and oxygen atoms in total. The summed E-state index contributed by atoms with van der Waals surface area (Å²) in [4.78, 5) is 19.2. The van der Waals surface area contributed by atoms with E-state index in [1.54, 1.807) is 0 Å². The van der Waals surface area contributed by atoms with Crippen molar-refractivity contribution in [3.8, 4) is 0 Å². The van der Waals surface area contributed by atoms with Gasteiger partial charge in [-0.25, -0.2) is 4.98 Å². The maximum Gasteiger partial charge on any atom is 0.251 e. The fraction of sp³-hybridized carbons (Fsp3) is 0.333. The molecule has 0 aliphatic heterocycles. The number of rotatable bonds is 3. The van der Waals surface area contributed by atoms with Crippen LogP contribution in [0.3, 0.4) is 0 Å². The smallest absolute Gasteiger partial charge is 0.251 e. The van der Waals surface area contributed by atoms with Crippen LogP contribution in [0.1, 0.15) is 36.3 Å². The van der Waals surface area contributed by atoms with Crippen molar-refractivity contribution in [2.24, 2.45) is 0 Å². The minimum atomic E-state index is -0.136. The Morgan fingerprint density at radius 1 is 1.26 bits per heavy atom. The number of alkyl halides is 1. The Morgan fingerprint density at radius 3 is 2.58 bits per heavy atom. The van der Waals surface area contributed by atoms with Crippen LogP contribution in [-0.4, -0.2) is 9.97 Å². The molecule has 0 atom stereocenters. The highest BCUT2D eigenvalue weighted by molar-refractivity contribution is 6.16. The summed E-state index contributed by atoms with van der Waals surface area (Å²) in [5.74, 6) is 1.02. The molecule has 0 unspecified atom stereocenters. The van der Waals surface area contributed by atoms with Crippen molar-refractivity contribution in [3.05, 3.63) is 63.8 Å². The number of hydrogen-bond donors (Lipinski definition) is 1. The monoisotopic (exact) mass is 274 g/mol. The highest BCUT2D eigenvalue weighted by atomic mass is 35.5. The number of aromatic amines is 1. The first-order valence-corrected chi connectivity index (χ1v) is 7.00. The molecule has 3 rings (SSSR count). The molecule has 1 aliphatic carbocycles. The van der Waals surface area contributed by atoms with Gasteiger partial charge in [-0.3, -0.25) is 4.79 Å². The van der Waals surface area contributed by atoms with E-state index in [4.69, 9.17) is 11.6 Å². The van der Waals surface area contributed by atoms with Crippen LogP contribution in [0.2, 0.25) is 0 Å². The van der Waals surface area contributed by atoms with E-state index < -0.39 is 0 Å². The van der Waals surface area contributed by atoms with Crippen molar-refractivity contribution in [3.63, 3.8) is 0 Å². The molecule has 0 spiro atoms. The number of benzene rings is 1. The highest BCUT2D eigenvalue weighted by Gasteiger charge is 2.42. The summed E-state index contributed by atoms with van der Waals surface area (Å²) in [6.07, 6.45) is 3.20. The predicted molar refractivity (Wildman–Crippen MR) is 75.5 cm³/mol.